The van der Waals surface area contributed by atoms with Crippen molar-refractivity contribution in [1.82, 2.24) is 5.32 Å². The molecule has 0 atom stereocenters. The molecule has 1 aliphatic rings. The Kier molecular flexibility index (Phi) is 5.76. The maximum atomic E-state index is 12.2. The molecule has 2 aromatic carbocycles. The van der Waals surface area contributed by atoms with Crippen LogP contribution in [0.5, 0.6) is 0 Å². The number of non-ortho nitro benzene ring substituents is 1. The summed E-state index contributed by atoms with van der Waals surface area (Å²) in [6.07, 6.45) is 1.82. The van der Waals surface area contributed by atoms with Crippen LogP contribution in [0.2, 0.25) is 0 Å². The van der Waals surface area contributed by atoms with E-state index in [9.17, 15) is 14.9 Å². The van der Waals surface area contributed by atoms with Crippen LogP contribution in [0.3, 0.4) is 0 Å². The van der Waals surface area contributed by atoms with Gasteiger partial charge in [0, 0.05) is 12.1 Å². The number of hydrogen-bond donors (Lipinski definition) is 1. The summed E-state index contributed by atoms with van der Waals surface area (Å²) in [7, 11) is 0. The Labute approximate surface area is 169 Å². The van der Waals surface area contributed by atoms with Crippen LogP contribution in [0.25, 0.3) is 6.08 Å². The Morgan fingerprint density at radius 2 is 1.93 bits per heavy atom. The van der Waals surface area contributed by atoms with E-state index in [2.05, 4.69) is 52.2 Å². The highest BCUT2D eigenvalue weighted by Gasteiger charge is 2.24. The van der Waals surface area contributed by atoms with Crippen molar-refractivity contribution >= 4 is 56.2 Å². The lowest BCUT2D eigenvalue weighted by Crippen LogP contribution is -2.19. The van der Waals surface area contributed by atoms with Gasteiger partial charge in [-0.15, -0.1) is 0 Å². The molecule has 1 saturated heterocycles. The van der Waals surface area contributed by atoms with Gasteiger partial charge in [0.1, 0.15) is 0 Å². The van der Waals surface area contributed by atoms with Gasteiger partial charge in [0.05, 0.1) is 20.0 Å². The van der Waals surface area contributed by atoms with Gasteiger partial charge in [-0.2, -0.15) is 0 Å². The standard InChI is InChI=1S/C19H16BrN3O3S/c1-11(2)13-5-3-12(4-6-13)9-17-18(24)22-19(27-17)21-16-8-7-14(23(25)26)10-15(16)20/h3-11H,1-2H3,(H,21,22,24)/b17-9+. The molecular formula is C19H16BrN3O3S. The number of halogens is 1. The molecule has 0 radical (unpaired) electrons. The summed E-state index contributed by atoms with van der Waals surface area (Å²) < 4.78 is 0.487. The molecule has 0 bridgehead atoms. The summed E-state index contributed by atoms with van der Waals surface area (Å²) in [6, 6.07) is 12.4. The Bertz CT molecular complexity index is 969. The highest BCUT2D eigenvalue weighted by molar-refractivity contribution is 9.10. The molecule has 138 valence electrons. The zero-order valence-electron chi connectivity index (χ0n) is 14.6. The molecule has 27 heavy (non-hydrogen) atoms. The van der Waals surface area contributed by atoms with Crippen molar-refractivity contribution in [3.63, 3.8) is 0 Å². The molecule has 1 N–H and O–H groups in total. The summed E-state index contributed by atoms with van der Waals surface area (Å²) in [5.41, 5.74) is 2.66. The fraction of sp³-hybridized carbons (Fsp3) is 0.158. The zero-order chi connectivity index (χ0) is 19.6. The Hall–Kier alpha value is -2.45. The average molecular weight is 446 g/mol. The van der Waals surface area contributed by atoms with Crippen LogP contribution in [0.1, 0.15) is 30.9 Å². The minimum Gasteiger partial charge on any atom is -0.300 e. The summed E-state index contributed by atoms with van der Waals surface area (Å²) in [6.45, 7) is 4.26. The van der Waals surface area contributed by atoms with Crippen molar-refractivity contribution < 1.29 is 9.72 Å². The molecule has 0 aliphatic carbocycles. The van der Waals surface area contributed by atoms with Crippen LogP contribution < -0.4 is 5.32 Å². The number of aliphatic imine (C=N–C) groups is 1. The maximum Gasteiger partial charge on any atom is 0.270 e. The lowest BCUT2D eigenvalue weighted by atomic mass is 10.0. The molecule has 3 rings (SSSR count). The number of thioether (sulfide) groups is 1. The lowest BCUT2D eigenvalue weighted by molar-refractivity contribution is -0.384. The number of nitro groups is 1. The van der Waals surface area contributed by atoms with Crippen molar-refractivity contribution in [2.75, 3.05) is 0 Å². The van der Waals surface area contributed by atoms with Crippen molar-refractivity contribution in [2.45, 2.75) is 19.8 Å². The van der Waals surface area contributed by atoms with Gasteiger partial charge in [0.25, 0.3) is 11.6 Å². The second kappa shape index (κ2) is 8.06. The molecule has 1 fully saturated rings. The number of carbonyl (C=O) groups excluding carboxylic acids is 1. The largest absolute Gasteiger partial charge is 0.300 e. The minimum absolute atomic E-state index is 0.0284. The second-order valence-electron chi connectivity index (χ2n) is 6.20. The van der Waals surface area contributed by atoms with Crippen LogP contribution in [0, 0.1) is 10.1 Å². The average Bonchev–Trinajstić information content (AvgIpc) is 2.96. The summed E-state index contributed by atoms with van der Waals surface area (Å²) in [4.78, 5) is 27.5. The molecule has 8 heteroatoms. The Balaban J connectivity index is 1.80. The zero-order valence-corrected chi connectivity index (χ0v) is 17.0. The van der Waals surface area contributed by atoms with Gasteiger partial charge in [0.15, 0.2) is 5.17 Å². The summed E-state index contributed by atoms with van der Waals surface area (Å²) in [5.74, 6) is 0.236. The number of amides is 1. The third kappa shape index (κ3) is 4.64. The third-order valence-corrected chi connectivity index (χ3v) is 5.46. The van der Waals surface area contributed by atoms with Crippen LogP contribution in [-0.4, -0.2) is 16.0 Å². The van der Waals surface area contributed by atoms with Gasteiger partial charge in [0.2, 0.25) is 0 Å². The predicted octanol–water partition coefficient (Wildman–Crippen LogP) is 5.37. The van der Waals surface area contributed by atoms with Crippen LogP contribution in [0.15, 0.2) is 56.8 Å². The normalized spacial score (nSPS) is 17.0. The fourth-order valence-electron chi connectivity index (χ4n) is 2.42. The first-order valence-electron chi connectivity index (χ1n) is 8.17. The van der Waals surface area contributed by atoms with E-state index in [0.29, 0.717) is 26.2 Å². The molecule has 6 nitrogen and oxygen atoms in total. The van der Waals surface area contributed by atoms with Gasteiger partial charge >= 0.3 is 0 Å². The number of carbonyl (C=O) groups is 1. The van der Waals surface area contributed by atoms with Crippen molar-refractivity contribution in [3.8, 4) is 0 Å². The first kappa shape index (κ1) is 19.3. The van der Waals surface area contributed by atoms with Gasteiger partial charge in [-0.1, -0.05) is 38.1 Å². The van der Waals surface area contributed by atoms with Crippen LogP contribution in [-0.2, 0) is 4.79 Å². The van der Waals surface area contributed by atoms with E-state index in [-0.39, 0.29) is 11.6 Å². The van der Waals surface area contributed by atoms with Gasteiger partial charge in [-0.05, 0) is 56.9 Å². The van der Waals surface area contributed by atoms with Crippen LogP contribution >= 0.6 is 27.7 Å². The van der Waals surface area contributed by atoms with Gasteiger partial charge in [-0.25, -0.2) is 4.99 Å². The van der Waals surface area contributed by atoms with Crippen molar-refractivity contribution in [3.05, 3.63) is 73.1 Å². The highest BCUT2D eigenvalue weighted by atomic mass is 79.9. The molecular weight excluding hydrogens is 430 g/mol. The smallest absolute Gasteiger partial charge is 0.270 e. The third-order valence-electron chi connectivity index (χ3n) is 3.92. The molecule has 1 heterocycles. The number of amidine groups is 1. The van der Waals surface area contributed by atoms with Crippen molar-refractivity contribution in [2.24, 2.45) is 4.99 Å². The molecule has 0 saturated carbocycles. The highest BCUT2D eigenvalue weighted by Crippen LogP contribution is 2.33. The quantitative estimate of drug-likeness (QED) is 0.389. The molecule has 0 spiro atoms. The Morgan fingerprint density at radius 1 is 1.22 bits per heavy atom. The van der Waals surface area contributed by atoms with E-state index >= 15 is 0 Å². The number of nitro benzene ring substituents is 1. The van der Waals surface area contributed by atoms with Crippen molar-refractivity contribution in [1.29, 1.82) is 0 Å². The maximum absolute atomic E-state index is 12.2. The topological polar surface area (TPSA) is 84.6 Å². The summed E-state index contributed by atoms with van der Waals surface area (Å²) >= 11 is 4.51. The van der Waals surface area contributed by atoms with E-state index in [4.69, 9.17) is 0 Å². The fourth-order valence-corrected chi connectivity index (χ4v) is 3.71. The van der Waals surface area contributed by atoms with Crippen LogP contribution in [0.4, 0.5) is 11.4 Å². The minimum atomic E-state index is -0.473. The number of nitrogens with one attached hydrogen (secondary N) is 1. The van der Waals surface area contributed by atoms with Gasteiger partial charge < -0.3 is 5.32 Å². The first-order chi connectivity index (χ1) is 12.8. The SMILES string of the molecule is CC(C)c1ccc(/C=C2/SC(=Nc3ccc([N+](=O)[O-])cc3Br)NC2=O)cc1. The number of hydrogen-bond acceptors (Lipinski definition) is 5. The lowest BCUT2D eigenvalue weighted by Gasteiger charge is -2.04. The second-order valence-corrected chi connectivity index (χ2v) is 8.08. The number of benzene rings is 2. The van der Waals surface area contributed by atoms with E-state index < -0.39 is 4.92 Å². The molecule has 0 aromatic heterocycles. The Morgan fingerprint density at radius 3 is 2.52 bits per heavy atom. The molecule has 1 amide bonds. The van der Waals surface area contributed by atoms with Gasteiger partial charge in [-0.3, -0.25) is 14.9 Å². The first-order valence-corrected chi connectivity index (χ1v) is 9.78. The van der Waals surface area contributed by atoms with E-state index in [1.54, 1.807) is 0 Å². The number of nitrogens with zero attached hydrogens (tertiary/aromatic N) is 2. The van der Waals surface area contributed by atoms with E-state index in [1.165, 1.54) is 35.5 Å². The van der Waals surface area contributed by atoms with E-state index in [1.807, 2.05) is 18.2 Å². The summed E-state index contributed by atoms with van der Waals surface area (Å²) in [5, 5.41) is 14.0. The molecule has 0 unspecified atom stereocenters. The molecule has 1 aliphatic heterocycles. The predicted molar refractivity (Wildman–Crippen MR) is 112 cm³/mol. The molecule has 2 aromatic rings. The number of rotatable bonds is 4. The monoisotopic (exact) mass is 445 g/mol. The van der Waals surface area contributed by atoms with E-state index in [0.717, 1.165) is 5.56 Å².